The van der Waals surface area contributed by atoms with E-state index in [0.29, 0.717) is 11.3 Å². The Bertz CT molecular complexity index is 863. The van der Waals surface area contributed by atoms with Crippen molar-refractivity contribution in [2.45, 2.75) is 6.10 Å². The smallest absolute Gasteiger partial charge is 0.272 e. The molecule has 1 saturated heterocycles. The molecule has 0 saturated carbocycles. The molecule has 0 bridgehead atoms. The van der Waals surface area contributed by atoms with Crippen LogP contribution in [0.15, 0.2) is 24.5 Å². The average Bonchev–Trinajstić information content (AvgIpc) is 3.13. The second-order valence-corrected chi connectivity index (χ2v) is 8.27. The highest BCUT2D eigenvalue weighted by molar-refractivity contribution is 7.89. The van der Waals surface area contributed by atoms with Crippen molar-refractivity contribution in [3.05, 3.63) is 30.2 Å². The first-order chi connectivity index (χ1) is 11.3. The van der Waals surface area contributed by atoms with E-state index in [1.165, 1.54) is 29.8 Å². The van der Waals surface area contributed by atoms with Crippen molar-refractivity contribution >= 4 is 21.6 Å². The standard InChI is InChI=1S/C14H19N5O4S/c1-17(2)24(22,23)8-10-6-18(7-12(10)20)14(21)11-4-3-5-13-15-9-16-19(11)13/h3-5,9-10,12,20H,6-8H2,1-2H3/t10-,12+/m0/s1. The zero-order valence-electron chi connectivity index (χ0n) is 13.4. The molecule has 1 aliphatic rings. The predicted molar refractivity (Wildman–Crippen MR) is 85.9 cm³/mol. The second kappa shape index (κ2) is 6.11. The first-order valence-corrected chi connectivity index (χ1v) is 9.07. The Balaban J connectivity index is 1.79. The Morgan fingerprint density at radius 1 is 1.38 bits per heavy atom. The van der Waals surface area contributed by atoms with Gasteiger partial charge in [-0.3, -0.25) is 4.79 Å². The molecule has 3 heterocycles. The molecule has 1 aliphatic heterocycles. The molecule has 0 aliphatic carbocycles. The zero-order valence-corrected chi connectivity index (χ0v) is 14.2. The van der Waals surface area contributed by atoms with Gasteiger partial charge in [0.05, 0.1) is 11.9 Å². The van der Waals surface area contributed by atoms with Crippen LogP contribution in [0.4, 0.5) is 0 Å². The van der Waals surface area contributed by atoms with Crippen LogP contribution in [0.2, 0.25) is 0 Å². The van der Waals surface area contributed by atoms with Crippen LogP contribution in [0, 0.1) is 5.92 Å². The van der Waals surface area contributed by atoms with Crippen LogP contribution in [-0.4, -0.2) is 82.3 Å². The van der Waals surface area contributed by atoms with Crippen LogP contribution in [0.1, 0.15) is 10.5 Å². The van der Waals surface area contributed by atoms with Crippen molar-refractivity contribution in [1.29, 1.82) is 0 Å². The average molecular weight is 353 g/mol. The number of fused-ring (bicyclic) bond motifs is 1. The third-order valence-electron chi connectivity index (χ3n) is 4.20. The lowest BCUT2D eigenvalue weighted by atomic mass is 10.1. The maximum atomic E-state index is 12.7. The molecule has 1 fully saturated rings. The van der Waals surface area contributed by atoms with E-state index in [1.807, 2.05) is 0 Å². The van der Waals surface area contributed by atoms with Gasteiger partial charge < -0.3 is 10.0 Å². The largest absolute Gasteiger partial charge is 0.391 e. The number of amides is 1. The number of nitrogens with zero attached hydrogens (tertiary/aromatic N) is 5. The number of hydrogen-bond acceptors (Lipinski definition) is 6. The minimum Gasteiger partial charge on any atom is -0.391 e. The van der Waals surface area contributed by atoms with E-state index in [-0.39, 0.29) is 24.7 Å². The molecule has 3 rings (SSSR count). The number of rotatable bonds is 4. The molecular weight excluding hydrogens is 334 g/mol. The van der Waals surface area contributed by atoms with E-state index in [4.69, 9.17) is 0 Å². The Kier molecular flexibility index (Phi) is 4.28. The van der Waals surface area contributed by atoms with E-state index >= 15 is 0 Å². The Hall–Kier alpha value is -2.04. The van der Waals surface area contributed by atoms with Crippen LogP contribution in [0.5, 0.6) is 0 Å². The fourth-order valence-corrected chi connectivity index (χ4v) is 3.94. The van der Waals surface area contributed by atoms with Gasteiger partial charge in [-0.15, -0.1) is 0 Å². The third kappa shape index (κ3) is 2.99. The molecule has 2 aromatic rings. The summed E-state index contributed by atoms with van der Waals surface area (Å²) in [4.78, 5) is 18.2. The molecule has 2 aromatic heterocycles. The molecule has 0 spiro atoms. The minimum absolute atomic E-state index is 0.0948. The number of aliphatic hydroxyl groups excluding tert-OH is 1. The SMILES string of the molecule is CN(C)S(=O)(=O)C[C@@H]1CN(C(=O)c2cccc3ncnn23)C[C@H]1O. The van der Waals surface area contributed by atoms with Gasteiger partial charge in [-0.1, -0.05) is 6.07 Å². The summed E-state index contributed by atoms with van der Waals surface area (Å²) in [5, 5.41) is 14.2. The van der Waals surface area contributed by atoms with E-state index in [0.717, 1.165) is 4.31 Å². The van der Waals surface area contributed by atoms with Gasteiger partial charge in [-0.05, 0) is 12.1 Å². The number of hydrogen-bond donors (Lipinski definition) is 1. The lowest BCUT2D eigenvalue weighted by molar-refractivity contribution is 0.0756. The highest BCUT2D eigenvalue weighted by Crippen LogP contribution is 2.22. The van der Waals surface area contributed by atoms with Gasteiger partial charge >= 0.3 is 0 Å². The van der Waals surface area contributed by atoms with Crippen molar-refractivity contribution in [2.75, 3.05) is 32.9 Å². The van der Waals surface area contributed by atoms with Crippen LogP contribution < -0.4 is 0 Å². The molecule has 0 unspecified atom stereocenters. The molecule has 24 heavy (non-hydrogen) atoms. The van der Waals surface area contributed by atoms with Crippen molar-refractivity contribution < 1.29 is 18.3 Å². The number of sulfonamides is 1. The molecule has 0 aromatic carbocycles. The van der Waals surface area contributed by atoms with Crippen LogP contribution >= 0.6 is 0 Å². The van der Waals surface area contributed by atoms with Gasteiger partial charge in [0, 0.05) is 33.1 Å². The normalized spacial score (nSPS) is 21.8. The molecule has 10 heteroatoms. The number of β-amino-alcohol motifs (C(OH)–C–C–N with tert-alkyl or cyclic N) is 1. The Labute approximate surface area is 139 Å². The van der Waals surface area contributed by atoms with Crippen LogP contribution in [0.3, 0.4) is 0 Å². The summed E-state index contributed by atoms with van der Waals surface area (Å²) in [5.74, 6) is -1.02. The van der Waals surface area contributed by atoms with E-state index in [1.54, 1.807) is 18.2 Å². The highest BCUT2D eigenvalue weighted by Gasteiger charge is 2.38. The van der Waals surface area contributed by atoms with E-state index < -0.39 is 22.0 Å². The van der Waals surface area contributed by atoms with Gasteiger partial charge in [0.15, 0.2) is 5.65 Å². The number of pyridine rings is 1. The lowest BCUT2D eigenvalue weighted by Gasteiger charge is -2.18. The zero-order chi connectivity index (χ0) is 17.5. The maximum Gasteiger partial charge on any atom is 0.272 e. The Morgan fingerprint density at radius 2 is 2.12 bits per heavy atom. The number of aliphatic hydroxyl groups is 1. The molecule has 130 valence electrons. The summed E-state index contributed by atoms with van der Waals surface area (Å²) < 4.78 is 26.6. The molecule has 0 radical (unpaired) electrons. The number of carbonyl (C=O) groups excluding carboxylic acids is 1. The molecule has 1 amide bonds. The number of aromatic nitrogens is 3. The summed E-state index contributed by atoms with van der Waals surface area (Å²) in [5.41, 5.74) is 0.876. The van der Waals surface area contributed by atoms with Gasteiger partial charge in [-0.2, -0.15) is 5.10 Å². The highest BCUT2D eigenvalue weighted by atomic mass is 32.2. The summed E-state index contributed by atoms with van der Waals surface area (Å²) in [6.45, 7) is 0.274. The predicted octanol–water partition coefficient (Wildman–Crippen LogP) is -0.946. The first kappa shape index (κ1) is 16.8. The van der Waals surface area contributed by atoms with Gasteiger partial charge in [0.2, 0.25) is 10.0 Å². The topological polar surface area (TPSA) is 108 Å². The molecule has 9 nitrogen and oxygen atoms in total. The van der Waals surface area contributed by atoms with Crippen molar-refractivity contribution in [3.63, 3.8) is 0 Å². The Morgan fingerprint density at radius 3 is 2.83 bits per heavy atom. The fourth-order valence-electron chi connectivity index (χ4n) is 2.77. The van der Waals surface area contributed by atoms with E-state index in [9.17, 15) is 18.3 Å². The third-order valence-corrected chi connectivity index (χ3v) is 6.16. The van der Waals surface area contributed by atoms with Crippen molar-refractivity contribution in [2.24, 2.45) is 5.92 Å². The minimum atomic E-state index is -3.45. The van der Waals surface area contributed by atoms with Crippen molar-refractivity contribution in [3.8, 4) is 0 Å². The summed E-state index contributed by atoms with van der Waals surface area (Å²) in [6.07, 6.45) is 0.482. The number of carbonyl (C=O) groups is 1. The second-order valence-electron chi connectivity index (χ2n) is 6.04. The molecular formula is C14H19N5O4S. The quantitative estimate of drug-likeness (QED) is 0.759. The lowest BCUT2D eigenvalue weighted by Crippen LogP contribution is -2.34. The number of likely N-dealkylation sites (tertiary alicyclic amines) is 1. The summed E-state index contributed by atoms with van der Waals surface area (Å²) in [6, 6.07) is 5.06. The monoisotopic (exact) mass is 353 g/mol. The van der Waals surface area contributed by atoms with Gasteiger partial charge in [0.25, 0.3) is 5.91 Å². The van der Waals surface area contributed by atoms with Crippen LogP contribution in [0.25, 0.3) is 5.65 Å². The summed E-state index contributed by atoms with van der Waals surface area (Å²) >= 11 is 0. The molecule has 1 N–H and O–H groups in total. The first-order valence-electron chi connectivity index (χ1n) is 7.46. The maximum absolute atomic E-state index is 12.7. The van der Waals surface area contributed by atoms with E-state index in [2.05, 4.69) is 10.1 Å². The van der Waals surface area contributed by atoms with Gasteiger partial charge in [0.1, 0.15) is 12.0 Å². The van der Waals surface area contributed by atoms with Gasteiger partial charge in [-0.25, -0.2) is 22.2 Å². The summed E-state index contributed by atoms with van der Waals surface area (Å²) in [7, 11) is -0.547. The fraction of sp³-hybridized carbons (Fsp3) is 0.500. The van der Waals surface area contributed by atoms with Crippen LogP contribution in [-0.2, 0) is 10.0 Å². The molecule has 2 atom stereocenters. The van der Waals surface area contributed by atoms with Crippen molar-refractivity contribution in [1.82, 2.24) is 23.8 Å².